The fourth-order valence-corrected chi connectivity index (χ4v) is 2.47. The van der Waals surface area contributed by atoms with E-state index in [0.717, 1.165) is 16.4 Å². The Balaban J connectivity index is 2.30. The van der Waals surface area contributed by atoms with Crippen LogP contribution in [0, 0.1) is 0 Å². The summed E-state index contributed by atoms with van der Waals surface area (Å²) in [6.45, 7) is 2.55. The van der Waals surface area contributed by atoms with Gasteiger partial charge in [-0.25, -0.2) is 4.98 Å². The quantitative estimate of drug-likeness (QED) is 0.913. The predicted octanol–water partition coefficient (Wildman–Crippen LogP) is 3.90. The highest BCUT2D eigenvalue weighted by Crippen LogP contribution is 2.32. The number of benzene rings is 1. The van der Waals surface area contributed by atoms with Crippen LogP contribution in [0.15, 0.2) is 23.6 Å². The molecule has 3 nitrogen and oxygen atoms in total. The average molecular weight is 269 g/mol. The van der Waals surface area contributed by atoms with Crippen molar-refractivity contribution in [1.82, 2.24) is 4.98 Å². The fourth-order valence-electron chi connectivity index (χ4n) is 1.43. The van der Waals surface area contributed by atoms with Crippen LogP contribution >= 0.6 is 22.9 Å². The molecule has 0 spiro atoms. The fraction of sp³-hybridized carbons (Fsp3) is 0.250. The Labute approximate surface area is 109 Å². The van der Waals surface area contributed by atoms with Crippen molar-refractivity contribution in [2.24, 2.45) is 0 Å². The minimum absolute atomic E-state index is 0.611. The van der Waals surface area contributed by atoms with Crippen molar-refractivity contribution in [2.75, 3.05) is 19.0 Å². The molecule has 0 saturated heterocycles. The molecule has 0 aliphatic heterocycles. The van der Waals surface area contributed by atoms with Crippen LogP contribution in [0.1, 0.15) is 6.92 Å². The van der Waals surface area contributed by atoms with Crippen molar-refractivity contribution in [3.63, 3.8) is 0 Å². The van der Waals surface area contributed by atoms with Gasteiger partial charge in [0.1, 0.15) is 16.6 Å². The minimum atomic E-state index is 0.611. The molecule has 1 heterocycles. The van der Waals surface area contributed by atoms with E-state index in [1.54, 1.807) is 11.3 Å². The Morgan fingerprint density at radius 1 is 1.47 bits per heavy atom. The van der Waals surface area contributed by atoms with Crippen LogP contribution in [0.2, 0.25) is 5.02 Å². The Morgan fingerprint density at radius 2 is 2.29 bits per heavy atom. The summed E-state index contributed by atoms with van der Waals surface area (Å²) in [7, 11) is 1.85. The Kier molecular flexibility index (Phi) is 3.86. The van der Waals surface area contributed by atoms with Crippen LogP contribution in [0.5, 0.6) is 5.75 Å². The average Bonchev–Trinajstić information content (AvgIpc) is 2.80. The van der Waals surface area contributed by atoms with E-state index in [0.29, 0.717) is 17.4 Å². The van der Waals surface area contributed by atoms with Crippen LogP contribution in [0.4, 0.5) is 5.82 Å². The molecule has 0 unspecified atom stereocenters. The second kappa shape index (κ2) is 5.38. The summed E-state index contributed by atoms with van der Waals surface area (Å²) >= 11 is 7.72. The van der Waals surface area contributed by atoms with E-state index in [-0.39, 0.29) is 0 Å². The first kappa shape index (κ1) is 12.2. The number of hydrogen-bond donors (Lipinski definition) is 1. The lowest BCUT2D eigenvalue weighted by atomic mass is 10.2. The van der Waals surface area contributed by atoms with Crippen molar-refractivity contribution in [3.05, 3.63) is 28.6 Å². The first-order valence-corrected chi connectivity index (χ1v) is 6.56. The zero-order valence-corrected chi connectivity index (χ0v) is 11.2. The Bertz CT molecular complexity index is 513. The SMILES string of the molecule is CCOc1ccc(-c2nc(NC)cs2)cc1Cl. The third-order valence-corrected chi connectivity index (χ3v) is 3.43. The van der Waals surface area contributed by atoms with Gasteiger partial charge in [-0.2, -0.15) is 0 Å². The highest BCUT2D eigenvalue weighted by Gasteiger charge is 2.07. The summed E-state index contributed by atoms with van der Waals surface area (Å²) in [6.07, 6.45) is 0. The molecule has 0 saturated carbocycles. The van der Waals surface area contributed by atoms with E-state index in [1.165, 1.54) is 0 Å². The van der Waals surface area contributed by atoms with Crippen molar-refractivity contribution < 1.29 is 4.74 Å². The number of thiazole rings is 1. The Morgan fingerprint density at radius 3 is 2.88 bits per heavy atom. The number of hydrogen-bond acceptors (Lipinski definition) is 4. The van der Waals surface area contributed by atoms with Crippen LogP contribution in [0.3, 0.4) is 0 Å². The van der Waals surface area contributed by atoms with Crippen LogP contribution in [-0.2, 0) is 0 Å². The van der Waals surface area contributed by atoms with E-state index in [9.17, 15) is 0 Å². The summed E-state index contributed by atoms with van der Waals surface area (Å²) in [6, 6.07) is 5.72. The van der Waals surface area contributed by atoms with Gasteiger partial charge in [-0.15, -0.1) is 11.3 Å². The molecule has 0 atom stereocenters. The zero-order chi connectivity index (χ0) is 12.3. The number of nitrogens with zero attached hydrogens (tertiary/aromatic N) is 1. The third kappa shape index (κ3) is 2.70. The van der Waals surface area contributed by atoms with E-state index in [1.807, 2.05) is 37.6 Å². The van der Waals surface area contributed by atoms with Gasteiger partial charge in [0, 0.05) is 18.0 Å². The summed E-state index contributed by atoms with van der Waals surface area (Å²) in [5, 5.41) is 6.54. The monoisotopic (exact) mass is 268 g/mol. The van der Waals surface area contributed by atoms with Crippen LogP contribution < -0.4 is 10.1 Å². The predicted molar refractivity (Wildman–Crippen MR) is 73.3 cm³/mol. The van der Waals surface area contributed by atoms with E-state index >= 15 is 0 Å². The normalized spacial score (nSPS) is 10.3. The van der Waals surface area contributed by atoms with Crippen molar-refractivity contribution in [2.45, 2.75) is 6.92 Å². The standard InChI is InChI=1S/C12H13ClN2OS/c1-3-16-10-5-4-8(6-9(10)13)12-15-11(14-2)7-17-12/h4-7,14H,3H2,1-2H3. The largest absolute Gasteiger partial charge is 0.492 e. The van der Waals surface area contributed by atoms with E-state index in [4.69, 9.17) is 16.3 Å². The summed E-state index contributed by atoms with van der Waals surface area (Å²) < 4.78 is 5.39. The molecule has 1 N–H and O–H groups in total. The zero-order valence-electron chi connectivity index (χ0n) is 9.66. The molecule has 1 aromatic heterocycles. The van der Waals surface area contributed by atoms with Gasteiger partial charge in [-0.3, -0.25) is 0 Å². The molecule has 0 aliphatic rings. The molecule has 17 heavy (non-hydrogen) atoms. The highest BCUT2D eigenvalue weighted by molar-refractivity contribution is 7.13. The lowest BCUT2D eigenvalue weighted by molar-refractivity contribution is 0.340. The maximum atomic E-state index is 6.13. The maximum absolute atomic E-state index is 6.13. The smallest absolute Gasteiger partial charge is 0.137 e. The molecular formula is C12H13ClN2OS. The van der Waals surface area contributed by atoms with E-state index in [2.05, 4.69) is 10.3 Å². The molecule has 2 rings (SSSR count). The van der Waals surface area contributed by atoms with Gasteiger partial charge in [0.05, 0.1) is 11.6 Å². The third-order valence-electron chi connectivity index (χ3n) is 2.24. The second-order valence-corrected chi connectivity index (χ2v) is 4.63. The van der Waals surface area contributed by atoms with Gasteiger partial charge in [-0.05, 0) is 25.1 Å². The van der Waals surface area contributed by atoms with Gasteiger partial charge in [0.25, 0.3) is 0 Å². The Hall–Kier alpha value is -1.26. The van der Waals surface area contributed by atoms with Gasteiger partial charge in [0.2, 0.25) is 0 Å². The summed E-state index contributed by atoms with van der Waals surface area (Å²) in [5.41, 5.74) is 1.00. The number of nitrogens with one attached hydrogen (secondary N) is 1. The molecule has 2 aromatic rings. The molecule has 0 bridgehead atoms. The number of anilines is 1. The molecule has 0 fully saturated rings. The number of ether oxygens (including phenoxy) is 1. The van der Waals surface area contributed by atoms with Gasteiger partial charge in [-0.1, -0.05) is 11.6 Å². The molecule has 0 radical (unpaired) electrons. The summed E-state index contributed by atoms with van der Waals surface area (Å²) in [4.78, 5) is 4.42. The first-order valence-electron chi connectivity index (χ1n) is 5.30. The van der Waals surface area contributed by atoms with Crippen molar-refractivity contribution in [3.8, 4) is 16.3 Å². The van der Waals surface area contributed by atoms with Crippen LogP contribution in [0.25, 0.3) is 10.6 Å². The van der Waals surface area contributed by atoms with Crippen LogP contribution in [-0.4, -0.2) is 18.6 Å². The van der Waals surface area contributed by atoms with Gasteiger partial charge in [0.15, 0.2) is 0 Å². The number of aromatic nitrogens is 1. The lowest BCUT2D eigenvalue weighted by Gasteiger charge is -2.06. The molecule has 0 amide bonds. The second-order valence-electron chi connectivity index (χ2n) is 3.37. The lowest BCUT2D eigenvalue weighted by Crippen LogP contribution is -1.92. The summed E-state index contributed by atoms with van der Waals surface area (Å²) in [5.74, 6) is 1.58. The maximum Gasteiger partial charge on any atom is 0.137 e. The first-order chi connectivity index (χ1) is 8.24. The highest BCUT2D eigenvalue weighted by atomic mass is 35.5. The molecule has 5 heteroatoms. The molecule has 90 valence electrons. The molecule has 1 aromatic carbocycles. The molecule has 0 aliphatic carbocycles. The topological polar surface area (TPSA) is 34.1 Å². The number of rotatable bonds is 4. The van der Waals surface area contributed by atoms with Crippen molar-refractivity contribution in [1.29, 1.82) is 0 Å². The van der Waals surface area contributed by atoms with Crippen molar-refractivity contribution >= 4 is 28.8 Å². The molecular weight excluding hydrogens is 256 g/mol. The van der Waals surface area contributed by atoms with Gasteiger partial charge >= 0.3 is 0 Å². The minimum Gasteiger partial charge on any atom is -0.492 e. The van der Waals surface area contributed by atoms with Gasteiger partial charge < -0.3 is 10.1 Å². The van der Waals surface area contributed by atoms with E-state index < -0.39 is 0 Å². The number of halogens is 1.